The van der Waals surface area contributed by atoms with Gasteiger partial charge in [0.05, 0.1) is 7.11 Å². The first-order valence-electron chi connectivity index (χ1n) is 8.09. The molecule has 2 atom stereocenters. The second-order valence-corrected chi connectivity index (χ2v) is 5.93. The molecule has 2 heterocycles. The number of nitrogens with one attached hydrogen (secondary N) is 1. The van der Waals surface area contributed by atoms with E-state index in [4.69, 9.17) is 4.74 Å². The molecule has 25 heavy (non-hydrogen) atoms. The molecule has 2 aliphatic rings. The third-order valence-electron chi connectivity index (χ3n) is 4.45. The first kappa shape index (κ1) is 16.9. The lowest BCUT2D eigenvalue weighted by atomic mass is 9.91. The highest BCUT2D eigenvalue weighted by atomic mass is 16.5. The van der Waals surface area contributed by atoms with Crippen molar-refractivity contribution in [2.75, 3.05) is 33.3 Å². The van der Waals surface area contributed by atoms with Crippen LogP contribution in [0.1, 0.15) is 11.6 Å². The Balaban J connectivity index is 1.90. The maximum Gasteiger partial charge on any atom is 0.320 e. The lowest BCUT2D eigenvalue weighted by Gasteiger charge is -2.37. The van der Waals surface area contributed by atoms with Gasteiger partial charge in [-0.05, 0) is 5.56 Å². The summed E-state index contributed by atoms with van der Waals surface area (Å²) in [6, 6.07) is 8.59. The van der Waals surface area contributed by atoms with Gasteiger partial charge in [0.1, 0.15) is 6.04 Å². The Morgan fingerprint density at radius 1 is 1.24 bits per heavy atom. The van der Waals surface area contributed by atoms with Crippen LogP contribution in [0.4, 0.5) is 0 Å². The summed E-state index contributed by atoms with van der Waals surface area (Å²) in [5.74, 6) is -1.62. The van der Waals surface area contributed by atoms with Crippen LogP contribution < -0.4 is 5.32 Å². The number of ether oxygens (including phenoxy) is 1. The Bertz CT molecular complexity index is 683. The zero-order valence-electron chi connectivity index (χ0n) is 13.9. The molecule has 0 aromatic heterocycles. The van der Waals surface area contributed by atoms with Gasteiger partial charge in [-0.1, -0.05) is 30.3 Å². The zero-order chi connectivity index (χ0) is 17.8. The van der Waals surface area contributed by atoms with Crippen molar-refractivity contribution in [3.05, 3.63) is 35.9 Å². The van der Waals surface area contributed by atoms with Crippen molar-refractivity contribution in [1.29, 1.82) is 0 Å². The van der Waals surface area contributed by atoms with Crippen molar-refractivity contribution >= 4 is 24.2 Å². The first-order chi connectivity index (χ1) is 12.1. The van der Waals surface area contributed by atoms with Crippen LogP contribution in [-0.4, -0.2) is 67.3 Å². The number of carbonyl (C=O) groups excluding carboxylic acids is 3. The number of aliphatic imine (C=N–C) groups is 1. The molecule has 2 aliphatic heterocycles. The van der Waals surface area contributed by atoms with Crippen molar-refractivity contribution in [2.24, 2.45) is 10.9 Å². The van der Waals surface area contributed by atoms with Gasteiger partial charge in [0.2, 0.25) is 18.3 Å². The summed E-state index contributed by atoms with van der Waals surface area (Å²) >= 11 is 0. The van der Waals surface area contributed by atoms with E-state index >= 15 is 0 Å². The maximum atomic E-state index is 12.6. The average Bonchev–Trinajstić information content (AvgIpc) is 2.67. The van der Waals surface area contributed by atoms with Gasteiger partial charge in [-0.15, -0.1) is 0 Å². The second-order valence-electron chi connectivity index (χ2n) is 5.93. The van der Waals surface area contributed by atoms with Crippen LogP contribution in [0.25, 0.3) is 0 Å². The van der Waals surface area contributed by atoms with E-state index in [-0.39, 0.29) is 0 Å². The summed E-state index contributed by atoms with van der Waals surface area (Å²) in [5, 5.41) is 2.71. The van der Waals surface area contributed by atoms with Crippen LogP contribution in [0.2, 0.25) is 0 Å². The largest absolute Gasteiger partial charge is 0.468 e. The molecule has 1 saturated heterocycles. The van der Waals surface area contributed by atoms with E-state index in [1.54, 1.807) is 4.90 Å². The van der Waals surface area contributed by atoms with Crippen molar-refractivity contribution in [3.63, 3.8) is 0 Å². The van der Waals surface area contributed by atoms with Crippen molar-refractivity contribution in [3.8, 4) is 0 Å². The number of esters is 1. The number of hydrogen-bond donors (Lipinski definition) is 1. The van der Waals surface area contributed by atoms with Crippen molar-refractivity contribution in [1.82, 2.24) is 15.1 Å². The molecule has 0 saturated carbocycles. The Morgan fingerprint density at radius 3 is 2.52 bits per heavy atom. The van der Waals surface area contributed by atoms with Gasteiger partial charge in [0.15, 0.2) is 5.92 Å². The Morgan fingerprint density at radius 2 is 1.92 bits per heavy atom. The van der Waals surface area contributed by atoms with E-state index in [0.29, 0.717) is 32.1 Å². The van der Waals surface area contributed by atoms with Gasteiger partial charge in [-0.25, -0.2) is 4.99 Å². The molecule has 1 aromatic carbocycles. The zero-order valence-corrected chi connectivity index (χ0v) is 13.9. The standard InChI is InChI=1S/C17H20N4O4/c1-25-16(24)13-14(12-5-3-2-4-6-12)18-17(19-15(13)23)21-9-7-20(11-22)8-10-21/h2-6,11,13-14H,7-10H2,1H3,(H,18,19,23)/t13-,14-/m1/s1. The van der Waals surface area contributed by atoms with Gasteiger partial charge in [0.25, 0.3) is 0 Å². The highest BCUT2D eigenvalue weighted by Gasteiger charge is 2.41. The monoisotopic (exact) mass is 344 g/mol. The SMILES string of the molecule is COC(=O)[C@H]1C(=O)NC(N2CCN(C=O)CC2)=N[C@@H]1c1ccccc1. The number of nitrogens with zero attached hydrogens (tertiary/aromatic N) is 3. The molecule has 0 radical (unpaired) electrons. The topological polar surface area (TPSA) is 91.3 Å². The summed E-state index contributed by atoms with van der Waals surface area (Å²) in [5.41, 5.74) is 0.775. The molecule has 8 nitrogen and oxygen atoms in total. The molecule has 8 heteroatoms. The van der Waals surface area contributed by atoms with Gasteiger partial charge in [-0.2, -0.15) is 0 Å². The van der Waals surface area contributed by atoms with Crippen LogP contribution >= 0.6 is 0 Å². The molecule has 3 rings (SSSR count). The van der Waals surface area contributed by atoms with E-state index in [2.05, 4.69) is 10.3 Å². The van der Waals surface area contributed by atoms with Gasteiger partial charge < -0.3 is 14.5 Å². The fraction of sp³-hybridized carbons (Fsp3) is 0.412. The summed E-state index contributed by atoms with van der Waals surface area (Å²) < 4.78 is 4.79. The molecular formula is C17H20N4O4. The van der Waals surface area contributed by atoms with E-state index in [1.165, 1.54) is 7.11 Å². The highest BCUT2D eigenvalue weighted by Crippen LogP contribution is 2.30. The first-order valence-corrected chi connectivity index (χ1v) is 8.09. The van der Waals surface area contributed by atoms with Gasteiger partial charge in [-0.3, -0.25) is 19.7 Å². The third kappa shape index (κ3) is 3.47. The normalized spacial score (nSPS) is 23.6. The maximum absolute atomic E-state index is 12.6. The fourth-order valence-corrected chi connectivity index (χ4v) is 3.05. The summed E-state index contributed by atoms with van der Waals surface area (Å²) in [6.45, 7) is 2.27. The minimum atomic E-state index is -1.02. The predicted molar refractivity (Wildman–Crippen MR) is 89.5 cm³/mol. The van der Waals surface area contributed by atoms with Crippen LogP contribution in [-0.2, 0) is 19.1 Å². The van der Waals surface area contributed by atoms with Gasteiger partial charge in [0, 0.05) is 26.2 Å². The molecule has 1 fully saturated rings. The smallest absolute Gasteiger partial charge is 0.320 e. The number of guanidine groups is 1. The van der Waals surface area contributed by atoms with Crippen LogP contribution in [0.15, 0.2) is 35.3 Å². The van der Waals surface area contributed by atoms with Crippen molar-refractivity contribution in [2.45, 2.75) is 6.04 Å². The average molecular weight is 344 g/mol. The molecule has 1 N–H and O–H groups in total. The molecule has 0 aliphatic carbocycles. The third-order valence-corrected chi connectivity index (χ3v) is 4.45. The minimum Gasteiger partial charge on any atom is -0.468 e. The van der Waals surface area contributed by atoms with E-state index < -0.39 is 23.8 Å². The number of amides is 2. The van der Waals surface area contributed by atoms with Crippen LogP contribution in [0.3, 0.4) is 0 Å². The number of piperazine rings is 1. The predicted octanol–water partition coefficient (Wildman–Crippen LogP) is -0.223. The minimum absolute atomic E-state index is 0.427. The molecular weight excluding hydrogens is 324 g/mol. The van der Waals surface area contributed by atoms with Crippen molar-refractivity contribution < 1.29 is 19.1 Å². The number of methoxy groups -OCH3 is 1. The quantitative estimate of drug-likeness (QED) is 0.465. The van der Waals surface area contributed by atoms with Crippen LogP contribution in [0.5, 0.6) is 0 Å². The second kappa shape index (κ2) is 7.33. The van der Waals surface area contributed by atoms with Crippen LogP contribution in [0, 0.1) is 5.92 Å². The summed E-state index contributed by atoms with van der Waals surface area (Å²) in [4.78, 5) is 43.7. The Hall–Kier alpha value is -2.90. The van der Waals surface area contributed by atoms with E-state index in [0.717, 1.165) is 12.0 Å². The van der Waals surface area contributed by atoms with E-state index in [9.17, 15) is 14.4 Å². The molecule has 0 unspecified atom stereocenters. The lowest BCUT2D eigenvalue weighted by molar-refractivity contribution is -0.151. The molecule has 2 amide bonds. The lowest BCUT2D eigenvalue weighted by Crippen LogP contribution is -2.57. The number of carbonyl (C=O) groups is 3. The summed E-state index contributed by atoms with van der Waals surface area (Å²) in [7, 11) is 1.26. The number of benzene rings is 1. The fourth-order valence-electron chi connectivity index (χ4n) is 3.05. The van der Waals surface area contributed by atoms with E-state index in [1.807, 2.05) is 35.2 Å². The highest BCUT2D eigenvalue weighted by molar-refractivity contribution is 6.08. The molecule has 1 aromatic rings. The molecule has 132 valence electrons. The number of hydrogen-bond acceptors (Lipinski definition) is 6. The molecule has 0 spiro atoms. The number of rotatable bonds is 3. The Labute approximate surface area is 145 Å². The van der Waals surface area contributed by atoms with Gasteiger partial charge >= 0.3 is 5.97 Å². The molecule has 0 bridgehead atoms. The summed E-state index contributed by atoms with van der Waals surface area (Å²) in [6.07, 6.45) is 0.818. The Kier molecular flexibility index (Phi) is 4.97.